The maximum absolute atomic E-state index is 9.21. The highest BCUT2D eigenvalue weighted by Crippen LogP contribution is 2.19. The van der Waals surface area contributed by atoms with Crippen LogP contribution in [0, 0.1) is 18.3 Å². The van der Waals surface area contributed by atoms with Gasteiger partial charge < -0.3 is 4.74 Å². The number of aliphatic imine (C=N–C) groups is 1. The van der Waals surface area contributed by atoms with Crippen molar-refractivity contribution in [3.8, 4) is 11.8 Å². The second-order valence-electron chi connectivity index (χ2n) is 4.14. The van der Waals surface area contributed by atoms with E-state index >= 15 is 0 Å². The van der Waals surface area contributed by atoms with Crippen LogP contribution in [-0.2, 0) is 0 Å². The quantitative estimate of drug-likeness (QED) is 0.780. The van der Waals surface area contributed by atoms with Gasteiger partial charge in [-0.2, -0.15) is 5.26 Å². The van der Waals surface area contributed by atoms with E-state index in [1.54, 1.807) is 7.11 Å². The Labute approximate surface area is 112 Å². The number of methoxy groups -OCH3 is 1. The van der Waals surface area contributed by atoms with E-state index in [0.29, 0.717) is 5.71 Å². The first kappa shape index (κ1) is 12.8. The maximum Gasteiger partial charge on any atom is 0.148 e. The molecule has 2 aromatic carbocycles. The lowest BCUT2D eigenvalue weighted by atomic mass is 10.1. The summed E-state index contributed by atoms with van der Waals surface area (Å²) in [5, 5.41) is 9.21. The molecule has 0 saturated carbocycles. The predicted octanol–water partition coefficient (Wildman–Crippen LogP) is 3.65. The van der Waals surface area contributed by atoms with Crippen LogP contribution in [0.15, 0.2) is 53.5 Å². The van der Waals surface area contributed by atoms with E-state index in [2.05, 4.69) is 11.1 Å². The molecule has 0 aliphatic rings. The van der Waals surface area contributed by atoms with Gasteiger partial charge >= 0.3 is 0 Å². The number of nitrogens with zero attached hydrogens (tertiary/aromatic N) is 2. The average Bonchev–Trinajstić information content (AvgIpc) is 2.46. The highest BCUT2D eigenvalue weighted by Gasteiger charge is 2.02. The van der Waals surface area contributed by atoms with Gasteiger partial charge in [-0.15, -0.1) is 0 Å². The minimum Gasteiger partial charge on any atom is -0.497 e. The molecule has 0 aromatic heterocycles. The number of rotatable bonds is 3. The van der Waals surface area contributed by atoms with E-state index in [0.717, 1.165) is 22.6 Å². The highest BCUT2D eigenvalue weighted by atomic mass is 16.5. The van der Waals surface area contributed by atoms with E-state index in [1.165, 1.54) is 0 Å². The Morgan fingerprint density at radius 2 is 1.68 bits per heavy atom. The molecule has 0 N–H and O–H groups in total. The zero-order chi connectivity index (χ0) is 13.7. The van der Waals surface area contributed by atoms with Gasteiger partial charge in [0.25, 0.3) is 0 Å². The Kier molecular flexibility index (Phi) is 3.94. The summed E-state index contributed by atoms with van der Waals surface area (Å²) < 4.78 is 5.08. The molecule has 0 spiro atoms. The molecule has 0 radical (unpaired) electrons. The van der Waals surface area contributed by atoms with Gasteiger partial charge in [0, 0.05) is 5.56 Å². The Bertz CT molecular complexity index is 619. The summed E-state index contributed by atoms with van der Waals surface area (Å²) in [5.74, 6) is 0.771. The number of hydrogen-bond donors (Lipinski definition) is 0. The van der Waals surface area contributed by atoms with Crippen LogP contribution in [0.4, 0.5) is 5.69 Å². The molecule has 0 unspecified atom stereocenters. The van der Waals surface area contributed by atoms with Gasteiger partial charge in [0.1, 0.15) is 17.5 Å². The predicted molar refractivity (Wildman–Crippen MR) is 76.0 cm³/mol. The van der Waals surface area contributed by atoms with Crippen molar-refractivity contribution in [2.75, 3.05) is 7.11 Å². The lowest BCUT2D eigenvalue weighted by Crippen LogP contribution is -1.96. The minimum atomic E-state index is 0.408. The molecule has 19 heavy (non-hydrogen) atoms. The van der Waals surface area contributed by atoms with E-state index < -0.39 is 0 Å². The van der Waals surface area contributed by atoms with Gasteiger partial charge in [-0.1, -0.05) is 29.8 Å². The molecule has 0 fully saturated rings. The second-order valence-corrected chi connectivity index (χ2v) is 4.14. The van der Waals surface area contributed by atoms with Crippen molar-refractivity contribution >= 4 is 11.4 Å². The maximum atomic E-state index is 9.21. The molecular formula is C16H14N2O. The van der Waals surface area contributed by atoms with Gasteiger partial charge in [0.15, 0.2) is 0 Å². The summed E-state index contributed by atoms with van der Waals surface area (Å²) in [6, 6.07) is 17.2. The van der Waals surface area contributed by atoms with Crippen LogP contribution < -0.4 is 4.74 Å². The van der Waals surface area contributed by atoms with Crippen molar-refractivity contribution in [1.82, 2.24) is 0 Å². The van der Waals surface area contributed by atoms with Crippen molar-refractivity contribution in [2.45, 2.75) is 6.92 Å². The molecule has 3 heteroatoms. The Hall–Kier alpha value is -2.60. The molecule has 3 nitrogen and oxygen atoms in total. The molecule has 0 aliphatic carbocycles. The minimum absolute atomic E-state index is 0.408. The van der Waals surface area contributed by atoms with Crippen LogP contribution in [0.25, 0.3) is 0 Å². The molecular weight excluding hydrogens is 236 g/mol. The monoisotopic (exact) mass is 250 g/mol. The van der Waals surface area contributed by atoms with Crippen LogP contribution in [0.3, 0.4) is 0 Å². The average molecular weight is 250 g/mol. The fraction of sp³-hybridized carbons (Fsp3) is 0.125. The Balaban J connectivity index is 2.33. The molecule has 0 heterocycles. The van der Waals surface area contributed by atoms with E-state index in [-0.39, 0.29) is 0 Å². The van der Waals surface area contributed by atoms with Gasteiger partial charge in [-0.25, -0.2) is 4.99 Å². The first-order valence-corrected chi connectivity index (χ1v) is 5.93. The van der Waals surface area contributed by atoms with Gasteiger partial charge in [0.2, 0.25) is 0 Å². The summed E-state index contributed by atoms with van der Waals surface area (Å²) in [6.07, 6.45) is 0. The first-order valence-electron chi connectivity index (χ1n) is 5.93. The zero-order valence-corrected chi connectivity index (χ0v) is 10.9. The largest absolute Gasteiger partial charge is 0.497 e. The topological polar surface area (TPSA) is 45.4 Å². The number of hydrogen-bond acceptors (Lipinski definition) is 3. The summed E-state index contributed by atoms with van der Waals surface area (Å²) in [5.41, 5.74) is 3.12. The van der Waals surface area contributed by atoms with Crippen LogP contribution in [0.2, 0.25) is 0 Å². The van der Waals surface area contributed by atoms with Crippen LogP contribution in [0.1, 0.15) is 11.1 Å². The van der Waals surface area contributed by atoms with E-state index in [1.807, 2.05) is 55.5 Å². The first-order chi connectivity index (χ1) is 9.22. The molecule has 2 rings (SSSR count). The fourth-order valence-electron chi connectivity index (χ4n) is 1.65. The zero-order valence-electron chi connectivity index (χ0n) is 10.9. The molecule has 0 aliphatic heterocycles. The normalized spacial score (nSPS) is 10.9. The van der Waals surface area contributed by atoms with Gasteiger partial charge in [-0.3, -0.25) is 0 Å². The van der Waals surface area contributed by atoms with E-state index in [4.69, 9.17) is 4.74 Å². The SMILES string of the molecule is COc1ccc(N=C(C#N)c2ccc(C)cc2)cc1. The number of nitriles is 1. The fourth-order valence-corrected chi connectivity index (χ4v) is 1.65. The Morgan fingerprint density at radius 3 is 2.21 bits per heavy atom. The molecule has 0 saturated heterocycles. The van der Waals surface area contributed by atoms with Crippen molar-refractivity contribution in [3.05, 3.63) is 59.7 Å². The third kappa shape index (κ3) is 3.20. The lowest BCUT2D eigenvalue weighted by Gasteiger charge is -2.01. The molecule has 0 atom stereocenters. The third-order valence-corrected chi connectivity index (χ3v) is 2.74. The number of benzene rings is 2. The van der Waals surface area contributed by atoms with Crippen molar-refractivity contribution < 1.29 is 4.74 Å². The van der Waals surface area contributed by atoms with Gasteiger partial charge in [-0.05, 0) is 31.2 Å². The molecule has 0 bridgehead atoms. The van der Waals surface area contributed by atoms with Crippen LogP contribution in [-0.4, -0.2) is 12.8 Å². The highest BCUT2D eigenvalue weighted by molar-refractivity contribution is 6.12. The van der Waals surface area contributed by atoms with Crippen molar-refractivity contribution in [2.24, 2.45) is 4.99 Å². The smallest absolute Gasteiger partial charge is 0.148 e. The Morgan fingerprint density at radius 1 is 1.05 bits per heavy atom. The summed E-state index contributed by atoms with van der Waals surface area (Å²) in [7, 11) is 1.62. The van der Waals surface area contributed by atoms with E-state index in [9.17, 15) is 5.26 Å². The number of ether oxygens (including phenoxy) is 1. The lowest BCUT2D eigenvalue weighted by molar-refractivity contribution is 0.415. The third-order valence-electron chi connectivity index (χ3n) is 2.74. The van der Waals surface area contributed by atoms with Crippen LogP contribution in [0.5, 0.6) is 5.75 Å². The van der Waals surface area contributed by atoms with Crippen LogP contribution >= 0.6 is 0 Å². The summed E-state index contributed by atoms with van der Waals surface area (Å²) in [6.45, 7) is 2.01. The summed E-state index contributed by atoms with van der Waals surface area (Å²) >= 11 is 0. The van der Waals surface area contributed by atoms with Crippen molar-refractivity contribution in [1.29, 1.82) is 5.26 Å². The van der Waals surface area contributed by atoms with Crippen molar-refractivity contribution in [3.63, 3.8) is 0 Å². The molecule has 0 amide bonds. The molecule has 2 aromatic rings. The van der Waals surface area contributed by atoms with Gasteiger partial charge in [0.05, 0.1) is 12.8 Å². The second kappa shape index (κ2) is 5.83. The standard InChI is InChI=1S/C16H14N2O/c1-12-3-5-13(6-4-12)16(11-17)18-14-7-9-15(19-2)10-8-14/h3-10H,1-2H3. The summed E-state index contributed by atoms with van der Waals surface area (Å²) in [4.78, 5) is 4.35. The number of aryl methyl sites for hydroxylation is 1. The molecule has 94 valence electrons.